The minimum atomic E-state index is -0.0413. The molecule has 2 aliphatic heterocycles. The van der Waals surface area contributed by atoms with Gasteiger partial charge in [-0.1, -0.05) is 41.4 Å². The monoisotopic (exact) mass is 417 g/mol. The van der Waals surface area contributed by atoms with E-state index in [1.54, 1.807) is 0 Å². The van der Waals surface area contributed by atoms with Crippen molar-refractivity contribution >= 4 is 34.8 Å². The summed E-state index contributed by atoms with van der Waals surface area (Å²) in [4.78, 5) is 17.3. The fraction of sp³-hybridized carbons (Fsp3) is 0.409. The highest BCUT2D eigenvalue weighted by molar-refractivity contribution is 6.33. The molecule has 28 heavy (non-hydrogen) atoms. The van der Waals surface area contributed by atoms with Crippen molar-refractivity contribution in [1.82, 2.24) is 10.2 Å². The highest BCUT2D eigenvalue weighted by Crippen LogP contribution is 2.36. The Labute approximate surface area is 176 Å². The molecule has 4 rings (SSSR count). The van der Waals surface area contributed by atoms with Gasteiger partial charge in [0.15, 0.2) is 0 Å². The third kappa shape index (κ3) is 4.00. The number of piperazine rings is 1. The molecule has 6 heteroatoms. The second-order valence-electron chi connectivity index (χ2n) is 7.65. The number of carbonyl (C=O) groups is 1. The molecule has 2 aliphatic rings. The summed E-state index contributed by atoms with van der Waals surface area (Å²) in [6.45, 7) is 5.05. The Balaban J connectivity index is 1.64. The van der Waals surface area contributed by atoms with Crippen molar-refractivity contribution in [2.45, 2.75) is 31.8 Å². The van der Waals surface area contributed by atoms with Gasteiger partial charge in [-0.3, -0.25) is 4.79 Å². The molecule has 4 nitrogen and oxygen atoms in total. The lowest BCUT2D eigenvalue weighted by Gasteiger charge is -2.44. The average Bonchev–Trinajstić information content (AvgIpc) is 3.23. The first-order chi connectivity index (χ1) is 13.5. The zero-order chi connectivity index (χ0) is 19.7. The Bertz CT molecular complexity index is 849. The minimum absolute atomic E-state index is 0.0385. The standard InChI is InChI=1S/C22H25Cl2N3O/c1-15-4-9-20(18(24)13-15)27-12-11-26(22(28)19-3-2-10-25-19)14-21(27)16-5-7-17(23)8-6-16/h4-9,13,19,21,25H,2-3,10-12,14H2,1H3/t19-,21+/m1/s1. The molecule has 2 saturated heterocycles. The second kappa shape index (κ2) is 8.32. The van der Waals surface area contributed by atoms with Crippen LogP contribution in [0.5, 0.6) is 0 Å². The van der Waals surface area contributed by atoms with Crippen LogP contribution in [-0.4, -0.2) is 43.0 Å². The molecular weight excluding hydrogens is 393 g/mol. The zero-order valence-electron chi connectivity index (χ0n) is 16.0. The van der Waals surface area contributed by atoms with Crippen LogP contribution < -0.4 is 10.2 Å². The van der Waals surface area contributed by atoms with Crippen LogP contribution in [-0.2, 0) is 4.79 Å². The van der Waals surface area contributed by atoms with Crippen molar-refractivity contribution in [3.63, 3.8) is 0 Å². The lowest BCUT2D eigenvalue weighted by molar-refractivity contribution is -0.133. The molecule has 2 aromatic carbocycles. The van der Waals surface area contributed by atoms with Crippen LogP contribution in [0.25, 0.3) is 0 Å². The van der Waals surface area contributed by atoms with E-state index in [2.05, 4.69) is 22.3 Å². The predicted molar refractivity (Wildman–Crippen MR) is 115 cm³/mol. The Hall–Kier alpha value is -1.75. The topological polar surface area (TPSA) is 35.6 Å². The Morgan fingerprint density at radius 3 is 2.57 bits per heavy atom. The van der Waals surface area contributed by atoms with Crippen molar-refractivity contribution in [3.8, 4) is 0 Å². The van der Waals surface area contributed by atoms with Crippen molar-refractivity contribution in [2.75, 3.05) is 31.1 Å². The zero-order valence-corrected chi connectivity index (χ0v) is 17.5. The molecule has 0 aromatic heterocycles. The largest absolute Gasteiger partial charge is 0.360 e. The molecule has 2 fully saturated rings. The van der Waals surface area contributed by atoms with Crippen LogP contribution in [0.4, 0.5) is 5.69 Å². The van der Waals surface area contributed by atoms with E-state index in [4.69, 9.17) is 23.2 Å². The van der Waals surface area contributed by atoms with Gasteiger partial charge in [0, 0.05) is 24.7 Å². The quantitative estimate of drug-likeness (QED) is 0.801. The molecule has 0 unspecified atom stereocenters. The van der Waals surface area contributed by atoms with E-state index in [1.807, 2.05) is 42.2 Å². The SMILES string of the molecule is Cc1ccc(N2CCN(C(=O)[C@H]3CCCN3)C[C@H]2c2ccc(Cl)cc2)c(Cl)c1. The molecule has 0 bridgehead atoms. The third-order valence-corrected chi connectivity index (χ3v) is 6.27. The fourth-order valence-corrected chi connectivity index (χ4v) is 4.67. The second-order valence-corrected chi connectivity index (χ2v) is 8.49. The van der Waals surface area contributed by atoms with Gasteiger partial charge in [0.05, 0.1) is 22.8 Å². The van der Waals surface area contributed by atoms with E-state index in [-0.39, 0.29) is 18.0 Å². The van der Waals surface area contributed by atoms with E-state index >= 15 is 0 Å². The summed E-state index contributed by atoms with van der Waals surface area (Å²) in [7, 11) is 0. The van der Waals surface area contributed by atoms with Gasteiger partial charge in [-0.05, 0) is 61.7 Å². The number of hydrogen-bond acceptors (Lipinski definition) is 3. The highest BCUT2D eigenvalue weighted by atomic mass is 35.5. The average molecular weight is 418 g/mol. The van der Waals surface area contributed by atoms with Gasteiger partial charge < -0.3 is 15.1 Å². The number of nitrogens with zero attached hydrogens (tertiary/aromatic N) is 2. The first-order valence-corrected chi connectivity index (χ1v) is 10.6. The van der Waals surface area contributed by atoms with E-state index < -0.39 is 0 Å². The molecular formula is C22H25Cl2N3O. The van der Waals surface area contributed by atoms with Crippen LogP contribution in [0.15, 0.2) is 42.5 Å². The number of hydrogen-bond donors (Lipinski definition) is 1. The minimum Gasteiger partial charge on any atom is -0.360 e. The van der Waals surface area contributed by atoms with Gasteiger partial charge in [0.25, 0.3) is 0 Å². The molecule has 1 N–H and O–H groups in total. The summed E-state index contributed by atoms with van der Waals surface area (Å²) < 4.78 is 0. The van der Waals surface area contributed by atoms with Gasteiger partial charge in [-0.15, -0.1) is 0 Å². The van der Waals surface area contributed by atoms with Crippen LogP contribution in [0, 0.1) is 6.92 Å². The summed E-state index contributed by atoms with van der Waals surface area (Å²) in [6.07, 6.45) is 1.99. The smallest absolute Gasteiger partial charge is 0.239 e. The van der Waals surface area contributed by atoms with Crippen molar-refractivity contribution in [2.24, 2.45) is 0 Å². The summed E-state index contributed by atoms with van der Waals surface area (Å²) in [6, 6.07) is 14.1. The molecule has 0 spiro atoms. The number of anilines is 1. The van der Waals surface area contributed by atoms with E-state index in [9.17, 15) is 4.79 Å². The molecule has 0 saturated carbocycles. The van der Waals surface area contributed by atoms with Crippen LogP contribution >= 0.6 is 23.2 Å². The number of nitrogens with one attached hydrogen (secondary N) is 1. The summed E-state index contributed by atoms with van der Waals surface area (Å²) in [5, 5.41) is 4.79. The maximum Gasteiger partial charge on any atom is 0.239 e. The number of aryl methyl sites for hydroxylation is 1. The van der Waals surface area contributed by atoms with E-state index in [0.717, 1.165) is 47.8 Å². The predicted octanol–water partition coefficient (Wildman–Crippen LogP) is 4.44. The summed E-state index contributed by atoms with van der Waals surface area (Å²) in [5.74, 6) is 0.214. The van der Waals surface area contributed by atoms with Crippen LogP contribution in [0.1, 0.15) is 30.0 Å². The van der Waals surface area contributed by atoms with Crippen LogP contribution in [0.2, 0.25) is 10.0 Å². The number of carbonyl (C=O) groups excluding carboxylic acids is 1. The molecule has 2 aromatic rings. The van der Waals surface area contributed by atoms with Gasteiger partial charge in [-0.2, -0.15) is 0 Å². The van der Waals surface area contributed by atoms with Crippen molar-refractivity contribution in [3.05, 3.63) is 63.6 Å². The fourth-order valence-electron chi connectivity index (χ4n) is 4.20. The lowest BCUT2D eigenvalue weighted by atomic mass is 10.00. The molecule has 0 radical (unpaired) electrons. The molecule has 148 valence electrons. The van der Waals surface area contributed by atoms with Gasteiger partial charge in [-0.25, -0.2) is 0 Å². The van der Waals surface area contributed by atoms with E-state index in [1.165, 1.54) is 0 Å². The van der Waals surface area contributed by atoms with Crippen molar-refractivity contribution < 1.29 is 4.79 Å². The molecule has 0 aliphatic carbocycles. The Morgan fingerprint density at radius 1 is 1.11 bits per heavy atom. The summed E-state index contributed by atoms with van der Waals surface area (Å²) in [5.41, 5.74) is 3.29. The Morgan fingerprint density at radius 2 is 1.89 bits per heavy atom. The summed E-state index contributed by atoms with van der Waals surface area (Å²) >= 11 is 12.7. The molecule has 1 amide bonds. The number of amides is 1. The maximum absolute atomic E-state index is 13.0. The maximum atomic E-state index is 13.0. The van der Waals surface area contributed by atoms with Crippen molar-refractivity contribution in [1.29, 1.82) is 0 Å². The molecule has 2 atom stereocenters. The Kier molecular flexibility index (Phi) is 5.81. The highest BCUT2D eigenvalue weighted by Gasteiger charge is 2.35. The lowest BCUT2D eigenvalue weighted by Crippen LogP contribution is -2.54. The first kappa shape index (κ1) is 19.6. The van der Waals surface area contributed by atoms with E-state index in [0.29, 0.717) is 18.1 Å². The normalized spacial score (nSPS) is 22.5. The number of benzene rings is 2. The van der Waals surface area contributed by atoms with Gasteiger partial charge in [0.2, 0.25) is 5.91 Å². The first-order valence-electron chi connectivity index (χ1n) is 9.83. The number of halogens is 2. The number of rotatable bonds is 3. The van der Waals surface area contributed by atoms with Crippen LogP contribution in [0.3, 0.4) is 0 Å². The molecule has 2 heterocycles. The van der Waals surface area contributed by atoms with Gasteiger partial charge in [0.1, 0.15) is 0 Å². The van der Waals surface area contributed by atoms with Gasteiger partial charge >= 0.3 is 0 Å². The third-order valence-electron chi connectivity index (χ3n) is 5.72.